The van der Waals surface area contributed by atoms with Gasteiger partial charge < -0.3 is 15.5 Å². The van der Waals surface area contributed by atoms with Gasteiger partial charge in [0.2, 0.25) is 11.8 Å². The highest BCUT2D eigenvalue weighted by molar-refractivity contribution is 6.04. The molecule has 1 aliphatic carbocycles. The quantitative estimate of drug-likeness (QED) is 0.371. The third kappa shape index (κ3) is 7.41. The number of nitrogens with one attached hydrogen (secondary N) is 2. The number of rotatable bonds is 7. The van der Waals surface area contributed by atoms with Crippen LogP contribution in [0.4, 0.5) is 11.4 Å². The minimum atomic E-state index is -0.158. The Bertz CT molecular complexity index is 1370. The number of nitrogens with zero attached hydrogens (tertiary/aromatic N) is 2. The number of benzene rings is 3. The Balaban J connectivity index is 1.17. The third-order valence-electron chi connectivity index (χ3n) is 8.37. The molecule has 3 amide bonds. The summed E-state index contributed by atoms with van der Waals surface area (Å²) in [6, 6.07) is 21.6. The number of aryl methyl sites for hydroxylation is 1. The standard InChI is InChI=1S/C34H40N4O3/c1-24-8-15-31(36-33(40)28-6-4-3-5-7-28)22-32(24)27-11-13-29(14-12-27)34(41)35-30-16-9-26(10-17-30)23-37-18-20-38(21-19-37)25(2)39/h8-17,22,28H,3-7,18-21,23H2,1-2H3,(H,35,41)(H,36,40). The Morgan fingerprint density at radius 1 is 0.780 bits per heavy atom. The maximum atomic E-state index is 12.9. The van der Waals surface area contributed by atoms with Crippen molar-refractivity contribution in [2.45, 2.75) is 52.5 Å². The lowest BCUT2D eigenvalue weighted by Gasteiger charge is -2.34. The summed E-state index contributed by atoms with van der Waals surface area (Å²) >= 11 is 0. The van der Waals surface area contributed by atoms with E-state index in [1.165, 1.54) is 12.0 Å². The molecule has 0 aromatic heterocycles. The van der Waals surface area contributed by atoms with Gasteiger partial charge in [0.1, 0.15) is 0 Å². The molecule has 0 spiro atoms. The fourth-order valence-corrected chi connectivity index (χ4v) is 5.80. The lowest BCUT2D eigenvalue weighted by atomic mass is 9.88. The third-order valence-corrected chi connectivity index (χ3v) is 8.37. The second-order valence-electron chi connectivity index (χ2n) is 11.4. The Morgan fingerprint density at radius 2 is 1.44 bits per heavy atom. The molecular weight excluding hydrogens is 512 g/mol. The molecule has 0 unspecified atom stereocenters. The Morgan fingerprint density at radius 3 is 2.10 bits per heavy atom. The Hall–Kier alpha value is -3.97. The first-order chi connectivity index (χ1) is 19.9. The zero-order valence-electron chi connectivity index (χ0n) is 24.1. The van der Waals surface area contributed by atoms with E-state index in [0.29, 0.717) is 5.56 Å². The zero-order chi connectivity index (χ0) is 28.8. The van der Waals surface area contributed by atoms with Crippen LogP contribution in [-0.4, -0.2) is 53.7 Å². The van der Waals surface area contributed by atoms with Crippen LogP contribution in [0.25, 0.3) is 11.1 Å². The highest BCUT2D eigenvalue weighted by Gasteiger charge is 2.21. The molecule has 2 fully saturated rings. The summed E-state index contributed by atoms with van der Waals surface area (Å²) in [4.78, 5) is 41.5. The van der Waals surface area contributed by atoms with Crippen LogP contribution in [0.2, 0.25) is 0 Å². The molecule has 1 saturated carbocycles. The van der Waals surface area contributed by atoms with Gasteiger partial charge in [0.05, 0.1) is 0 Å². The maximum Gasteiger partial charge on any atom is 0.255 e. The summed E-state index contributed by atoms with van der Waals surface area (Å²) in [6.45, 7) is 7.77. The van der Waals surface area contributed by atoms with E-state index in [0.717, 1.165) is 86.5 Å². The summed E-state index contributed by atoms with van der Waals surface area (Å²) in [5, 5.41) is 6.11. The van der Waals surface area contributed by atoms with Crippen LogP contribution in [0, 0.1) is 12.8 Å². The number of anilines is 2. The number of carbonyl (C=O) groups excluding carboxylic acids is 3. The van der Waals surface area contributed by atoms with Crippen LogP contribution in [0.3, 0.4) is 0 Å². The van der Waals surface area contributed by atoms with E-state index in [1.54, 1.807) is 6.92 Å². The fraction of sp³-hybridized carbons (Fsp3) is 0.382. The predicted molar refractivity (Wildman–Crippen MR) is 164 cm³/mol. The summed E-state index contributed by atoms with van der Waals surface area (Å²) < 4.78 is 0. The van der Waals surface area contributed by atoms with Crippen molar-refractivity contribution in [3.63, 3.8) is 0 Å². The summed E-state index contributed by atoms with van der Waals surface area (Å²) in [5.74, 6) is 0.206. The smallest absolute Gasteiger partial charge is 0.255 e. The lowest BCUT2D eigenvalue weighted by molar-refractivity contribution is -0.130. The van der Waals surface area contributed by atoms with E-state index >= 15 is 0 Å². The highest BCUT2D eigenvalue weighted by atomic mass is 16.2. The average Bonchev–Trinajstić information content (AvgIpc) is 3.00. The molecule has 0 bridgehead atoms. The summed E-state index contributed by atoms with van der Waals surface area (Å²) in [5.41, 5.74) is 6.47. The van der Waals surface area contributed by atoms with Crippen molar-refractivity contribution >= 4 is 29.1 Å². The van der Waals surface area contributed by atoms with Gasteiger partial charge in [-0.2, -0.15) is 0 Å². The molecule has 1 heterocycles. The molecule has 3 aromatic rings. The van der Waals surface area contributed by atoms with E-state index in [9.17, 15) is 14.4 Å². The molecule has 214 valence electrons. The topological polar surface area (TPSA) is 81.8 Å². The van der Waals surface area contributed by atoms with Crippen molar-refractivity contribution in [1.82, 2.24) is 9.80 Å². The summed E-state index contributed by atoms with van der Waals surface area (Å²) in [7, 11) is 0. The molecule has 1 aliphatic heterocycles. The number of hydrogen-bond donors (Lipinski definition) is 2. The highest BCUT2D eigenvalue weighted by Crippen LogP contribution is 2.29. The van der Waals surface area contributed by atoms with Crippen molar-refractivity contribution in [2.75, 3.05) is 36.8 Å². The molecule has 2 N–H and O–H groups in total. The van der Waals surface area contributed by atoms with Crippen molar-refractivity contribution < 1.29 is 14.4 Å². The van der Waals surface area contributed by atoms with E-state index in [-0.39, 0.29) is 23.6 Å². The van der Waals surface area contributed by atoms with Gasteiger partial charge in [-0.1, -0.05) is 49.6 Å². The van der Waals surface area contributed by atoms with Crippen molar-refractivity contribution in [2.24, 2.45) is 5.92 Å². The first-order valence-electron chi connectivity index (χ1n) is 14.8. The molecule has 5 rings (SSSR count). The molecule has 7 heteroatoms. The maximum absolute atomic E-state index is 12.9. The molecule has 0 atom stereocenters. The second kappa shape index (κ2) is 13.1. The number of carbonyl (C=O) groups is 3. The number of piperazine rings is 1. The number of hydrogen-bond acceptors (Lipinski definition) is 4. The van der Waals surface area contributed by atoms with Crippen LogP contribution < -0.4 is 10.6 Å². The molecule has 0 radical (unpaired) electrons. The van der Waals surface area contributed by atoms with Gasteiger partial charge in [-0.05, 0) is 78.4 Å². The molecule has 41 heavy (non-hydrogen) atoms. The largest absolute Gasteiger partial charge is 0.340 e. The van der Waals surface area contributed by atoms with E-state index in [2.05, 4.69) is 22.5 Å². The minimum Gasteiger partial charge on any atom is -0.340 e. The molecule has 1 saturated heterocycles. The number of amides is 3. The zero-order valence-corrected chi connectivity index (χ0v) is 24.1. The van der Waals surface area contributed by atoms with Crippen LogP contribution in [-0.2, 0) is 16.1 Å². The SMILES string of the molecule is CC(=O)N1CCN(Cc2ccc(NC(=O)c3ccc(-c4cc(NC(=O)C5CCCCC5)ccc4C)cc3)cc2)CC1. The average molecular weight is 553 g/mol. The van der Waals surface area contributed by atoms with E-state index in [1.807, 2.05) is 71.6 Å². The van der Waals surface area contributed by atoms with Crippen LogP contribution in [0.5, 0.6) is 0 Å². The monoisotopic (exact) mass is 552 g/mol. The van der Waals surface area contributed by atoms with Crippen LogP contribution >= 0.6 is 0 Å². The van der Waals surface area contributed by atoms with Gasteiger partial charge in [0.25, 0.3) is 5.91 Å². The lowest BCUT2D eigenvalue weighted by Crippen LogP contribution is -2.47. The van der Waals surface area contributed by atoms with Gasteiger partial charge in [0, 0.05) is 62.5 Å². The predicted octanol–water partition coefficient (Wildman–Crippen LogP) is 6.10. The van der Waals surface area contributed by atoms with Crippen molar-refractivity contribution in [3.8, 4) is 11.1 Å². The molecule has 7 nitrogen and oxygen atoms in total. The molecular formula is C34H40N4O3. The Labute approximate surface area is 242 Å². The van der Waals surface area contributed by atoms with E-state index < -0.39 is 0 Å². The van der Waals surface area contributed by atoms with E-state index in [4.69, 9.17) is 0 Å². The molecule has 2 aliphatic rings. The first kappa shape index (κ1) is 28.6. The minimum absolute atomic E-state index is 0.109. The second-order valence-corrected chi connectivity index (χ2v) is 11.4. The van der Waals surface area contributed by atoms with Crippen LogP contribution in [0.1, 0.15) is 60.5 Å². The van der Waals surface area contributed by atoms with Gasteiger partial charge >= 0.3 is 0 Å². The van der Waals surface area contributed by atoms with Crippen molar-refractivity contribution in [1.29, 1.82) is 0 Å². The first-order valence-corrected chi connectivity index (χ1v) is 14.8. The van der Waals surface area contributed by atoms with Gasteiger partial charge in [0.15, 0.2) is 0 Å². The fourth-order valence-electron chi connectivity index (χ4n) is 5.80. The normalized spacial score (nSPS) is 16.3. The van der Waals surface area contributed by atoms with Crippen molar-refractivity contribution in [3.05, 3.63) is 83.4 Å². The van der Waals surface area contributed by atoms with Gasteiger partial charge in [-0.15, -0.1) is 0 Å². The van der Waals surface area contributed by atoms with Crippen LogP contribution in [0.15, 0.2) is 66.7 Å². The summed E-state index contributed by atoms with van der Waals surface area (Å²) in [6.07, 6.45) is 5.42. The van der Waals surface area contributed by atoms with Gasteiger partial charge in [-0.3, -0.25) is 19.3 Å². The molecule has 3 aromatic carbocycles. The van der Waals surface area contributed by atoms with Gasteiger partial charge in [-0.25, -0.2) is 0 Å². The Kier molecular flexibility index (Phi) is 9.14.